The highest BCUT2D eigenvalue weighted by molar-refractivity contribution is 7.14. The first-order valence-corrected chi connectivity index (χ1v) is 8.13. The molecular weight excluding hydrogens is 298 g/mol. The third-order valence-electron chi connectivity index (χ3n) is 3.76. The second-order valence-electron chi connectivity index (χ2n) is 5.42. The van der Waals surface area contributed by atoms with Gasteiger partial charge in [-0.3, -0.25) is 4.79 Å². The summed E-state index contributed by atoms with van der Waals surface area (Å²) in [6.45, 7) is 4.99. The quantitative estimate of drug-likeness (QED) is 0.864. The van der Waals surface area contributed by atoms with Crippen molar-refractivity contribution in [3.05, 3.63) is 45.1 Å². The molecule has 0 spiro atoms. The lowest BCUT2D eigenvalue weighted by molar-refractivity contribution is 0.0789. The van der Waals surface area contributed by atoms with Crippen LogP contribution in [-0.2, 0) is 13.0 Å². The Bertz CT molecular complexity index is 708. The number of hydrogen-bond acceptors (Lipinski definition) is 4. The third-order valence-corrected chi connectivity index (χ3v) is 5.13. The Morgan fingerprint density at radius 1 is 1.27 bits per heavy atom. The number of ether oxygens (including phenoxy) is 2. The summed E-state index contributed by atoms with van der Waals surface area (Å²) in [5.74, 6) is 1.57. The molecule has 1 amide bonds. The molecule has 4 nitrogen and oxygen atoms in total. The van der Waals surface area contributed by atoms with Gasteiger partial charge in [0.05, 0.1) is 4.88 Å². The molecular formula is C17H19NO3S. The van der Waals surface area contributed by atoms with Crippen LogP contribution in [0.1, 0.15) is 32.6 Å². The number of fused-ring (bicyclic) bond motifs is 1. The highest BCUT2D eigenvalue weighted by Gasteiger charge is 2.18. The zero-order chi connectivity index (χ0) is 15.7. The van der Waals surface area contributed by atoms with Crippen LogP contribution in [0.4, 0.5) is 0 Å². The van der Waals surface area contributed by atoms with Crippen molar-refractivity contribution in [2.75, 3.05) is 13.8 Å². The van der Waals surface area contributed by atoms with Crippen LogP contribution in [0.25, 0.3) is 0 Å². The highest BCUT2D eigenvalue weighted by atomic mass is 32.1. The van der Waals surface area contributed by atoms with Crippen LogP contribution in [0.3, 0.4) is 0 Å². The number of aryl methyl sites for hydroxylation is 2. The summed E-state index contributed by atoms with van der Waals surface area (Å²) in [5.41, 5.74) is 2.23. The molecule has 2 aromatic rings. The van der Waals surface area contributed by atoms with Crippen molar-refractivity contribution in [1.29, 1.82) is 0 Å². The molecule has 2 heterocycles. The van der Waals surface area contributed by atoms with Gasteiger partial charge < -0.3 is 14.4 Å². The van der Waals surface area contributed by atoms with Crippen LogP contribution < -0.4 is 9.47 Å². The molecule has 0 N–H and O–H groups in total. The topological polar surface area (TPSA) is 38.8 Å². The minimum atomic E-state index is 0.0606. The maximum atomic E-state index is 12.5. The van der Waals surface area contributed by atoms with Gasteiger partial charge in [-0.25, -0.2) is 0 Å². The molecule has 0 unspecified atom stereocenters. The Morgan fingerprint density at radius 3 is 2.77 bits per heavy atom. The van der Waals surface area contributed by atoms with Crippen molar-refractivity contribution in [3.8, 4) is 11.5 Å². The van der Waals surface area contributed by atoms with Gasteiger partial charge in [-0.05, 0) is 42.7 Å². The molecule has 0 radical (unpaired) electrons. The SMILES string of the molecule is CCc1sc(C(=O)N(C)Cc2ccc3c(c2)OCO3)cc1C. The van der Waals surface area contributed by atoms with Crippen molar-refractivity contribution in [3.63, 3.8) is 0 Å². The zero-order valence-corrected chi connectivity index (χ0v) is 13.8. The predicted molar refractivity (Wildman–Crippen MR) is 86.8 cm³/mol. The normalized spacial score (nSPS) is 12.5. The van der Waals surface area contributed by atoms with Crippen molar-refractivity contribution in [2.24, 2.45) is 0 Å². The number of benzene rings is 1. The Morgan fingerprint density at radius 2 is 2.05 bits per heavy atom. The van der Waals surface area contributed by atoms with Gasteiger partial charge in [0, 0.05) is 18.5 Å². The van der Waals surface area contributed by atoms with Crippen molar-refractivity contribution in [2.45, 2.75) is 26.8 Å². The first-order chi connectivity index (χ1) is 10.6. The van der Waals surface area contributed by atoms with E-state index in [0.29, 0.717) is 6.54 Å². The van der Waals surface area contributed by atoms with E-state index in [9.17, 15) is 4.79 Å². The molecule has 5 heteroatoms. The molecule has 116 valence electrons. The monoisotopic (exact) mass is 317 g/mol. The number of carbonyl (C=O) groups excluding carboxylic acids is 1. The molecule has 0 aliphatic carbocycles. The van der Waals surface area contributed by atoms with E-state index in [2.05, 4.69) is 13.8 Å². The number of nitrogens with zero attached hydrogens (tertiary/aromatic N) is 1. The molecule has 0 atom stereocenters. The standard InChI is InChI=1S/C17H19NO3S/c1-4-15-11(2)7-16(22-15)17(19)18(3)9-12-5-6-13-14(8-12)21-10-20-13/h5-8H,4,9-10H2,1-3H3. The van der Waals surface area contributed by atoms with Crippen molar-refractivity contribution >= 4 is 17.2 Å². The van der Waals surface area contributed by atoms with Gasteiger partial charge in [-0.15, -0.1) is 11.3 Å². The van der Waals surface area contributed by atoms with E-state index in [4.69, 9.17) is 9.47 Å². The molecule has 1 aliphatic heterocycles. The van der Waals surface area contributed by atoms with Gasteiger partial charge in [0.15, 0.2) is 11.5 Å². The van der Waals surface area contributed by atoms with E-state index in [1.54, 1.807) is 16.2 Å². The van der Waals surface area contributed by atoms with E-state index in [1.807, 2.05) is 31.3 Å². The maximum Gasteiger partial charge on any atom is 0.263 e. The summed E-state index contributed by atoms with van der Waals surface area (Å²) in [5, 5.41) is 0. The minimum Gasteiger partial charge on any atom is -0.454 e. The Kier molecular flexibility index (Phi) is 4.07. The van der Waals surface area contributed by atoms with Crippen LogP contribution in [-0.4, -0.2) is 24.6 Å². The summed E-state index contributed by atoms with van der Waals surface area (Å²) in [7, 11) is 1.83. The lowest BCUT2D eigenvalue weighted by Gasteiger charge is -2.16. The molecule has 1 aliphatic rings. The summed E-state index contributed by atoms with van der Waals surface area (Å²) >= 11 is 1.59. The van der Waals surface area contributed by atoms with E-state index < -0.39 is 0 Å². The smallest absolute Gasteiger partial charge is 0.263 e. The number of rotatable bonds is 4. The maximum absolute atomic E-state index is 12.5. The Hall–Kier alpha value is -2.01. The van der Waals surface area contributed by atoms with Crippen LogP contribution in [0.15, 0.2) is 24.3 Å². The Labute approximate surface area is 134 Å². The Balaban J connectivity index is 1.73. The third kappa shape index (κ3) is 2.81. The fourth-order valence-electron chi connectivity index (χ4n) is 2.55. The number of hydrogen-bond donors (Lipinski definition) is 0. The lowest BCUT2D eigenvalue weighted by atomic mass is 10.2. The van der Waals surface area contributed by atoms with E-state index >= 15 is 0 Å². The summed E-state index contributed by atoms with van der Waals surface area (Å²) in [6, 6.07) is 7.78. The van der Waals surface area contributed by atoms with E-state index in [1.165, 1.54) is 10.4 Å². The number of thiophene rings is 1. The van der Waals surface area contributed by atoms with Crippen LogP contribution in [0.2, 0.25) is 0 Å². The average Bonchev–Trinajstić information content (AvgIpc) is 3.11. The van der Waals surface area contributed by atoms with Crippen LogP contribution in [0, 0.1) is 6.92 Å². The van der Waals surface area contributed by atoms with E-state index in [-0.39, 0.29) is 12.7 Å². The molecule has 0 fully saturated rings. The van der Waals surface area contributed by atoms with Gasteiger partial charge in [-0.1, -0.05) is 13.0 Å². The number of amides is 1. The predicted octanol–water partition coefficient (Wildman–Crippen LogP) is 3.62. The van der Waals surface area contributed by atoms with Gasteiger partial charge in [0.25, 0.3) is 5.91 Å². The molecule has 3 rings (SSSR count). The molecule has 0 bridgehead atoms. The second kappa shape index (κ2) is 6.01. The summed E-state index contributed by atoms with van der Waals surface area (Å²) < 4.78 is 10.7. The molecule has 1 aromatic heterocycles. The molecule has 0 saturated carbocycles. The van der Waals surface area contributed by atoms with Crippen LogP contribution >= 0.6 is 11.3 Å². The average molecular weight is 317 g/mol. The molecule has 1 aromatic carbocycles. The molecule has 22 heavy (non-hydrogen) atoms. The van der Waals surface area contributed by atoms with Crippen molar-refractivity contribution in [1.82, 2.24) is 4.90 Å². The highest BCUT2D eigenvalue weighted by Crippen LogP contribution is 2.33. The van der Waals surface area contributed by atoms with Gasteiger partial charge in [0.2, 0.25) is 6.79 Å². The van der Waals surface area contributed by atoms with Crippen LogP contribution in [0.5, 0.6) is 11.5 Å². The first-order valence-electron chi connectivity index (χ1n) is 7.31. The fraction of sp³-hybridized carbons (Fsp3) is 0.353. The molecule has 0 saturated heterocycles. The van der Waals surface area contributed by atoms with Crippen molar-refractivity contribution < 1.29 is 14.3 Å². The van der Waals surface area contributed by atoms with E-state index in [0.717, 1.165) is 28.4 Å². The first kappa shape index (κ1) is 14.9. The van der Waals surface area contributed by atoms with Gasteiger partial charge in [0.1, 0.15) is 0 Å². The lowest BCUT2D eigenvalue weighted by Crippen LogP contribution is -2.25. The fourth-order valence-corrected chi connectivity index (χ4v) is 3.66. The second-order valence-corrected chi connectivity index (χ2v) is 6.56. The largest absolute Gasteiger partial charge is 0.454 e. The summed E-state index contributed by atoms with van der Waals surface area (Å²) in [6.07, 6.45) is 0.968. The van der Waals surface area contributed by atoms with Gasteiger partial charge in [-0.2, -0.15) is 0 Å². The zero-order valence-electron chi connectivity index (χ0n) is 13.0. The minimum absolute atomic E-state index is 0.0606. The summed E-state index contributed by atoms with van der Waals surface area (Å²) in [4.78, 5) is 16.4. The number of carbonyl (C=O) groups is 1. The van der Waals surface area contributed by atoms with Gasteiger partial charge >= 0.3 is 0 Å².